The van der Waals surface area contributed by atoms with E-state index in [0.717, 1.165) is 23.7 Å². The molecule has 3 heteroatoms. The molecular formula is C9H16OS2. The SMILES string of the molecule is CC(C)(C)C1CSC(C=O)SC1. The molecule has 0 saturated carbocycles. The van der Waals surface area contributed by atoms with Gasteiger partial charge in [0.05, 0.1) is 0 Å². The van der Waals surface area contributed by atoms with Crippen molar-refractivity contribution in [1.82, 2.24) is 0 Å². The Hall–Kier alpha value is 0.370. The second-order valence-electron chi connectivity index (χ2n) is 4.23. The summed E-state index contributed by atoms with van der Waals surface area (Å²) < 4.78 is 0.198. The average Bonchev–Trinajstić information content (AvgIpc) is 2.03. The quantitative estimate of drug-likeness (QED) is 0.611. The lowest BCUT2D eigenvalue weighted by Gasteiger charge is -2.34. The van der Waals surface area contributed by atoms with Crippen LogP contribution in [0.15, 0.2) is 0 Å². The summed E-state index contributed by atoms with van der Waals surface area (Å²) in [5.41, 5.74) is 0.397. The van der Waals surface area contributed by atoms with Gasteiger partial charge in [0.25, 0.3) is 0 Å². The van der Waals surface area contributed by atoms with Gasteiger partial charge in [0.2, 0.25) is 0 Å². The summed E-state index contributed by atoms with van der Waals surface area (Å²) >= 11 is 3.59. The molecule has 0 aromatic rings. The van der Waals surface area contributed by atoms with Crippen LogP contribution in [0.25, 0.3) is 0 Å². The van der Waals surface area contributed by atoms with Crippen molar-refractivity contribution in [3.05, 3.63) is 0 Å². The van der Waals surface area contributed by atoms with Crippen molar-refractivity contribution >= 4 is 29.8 Å². The average molecular weight is 204 g/mol. The van der Waals surface area contributed by atoms with E-state index in [1.807, 2.05) is 0 Å². The Bertz CT molecular complexity index is 154. The van der Waals surface area contributed by atoms with E-state index in [9.17, 15) is 4.79 Å². The van der Waals surface area contributed by atoms with Gasteiger partial charge in [-0.1, -0.05) is 20.8 Å². The topological polar surface area (TPSA) is 17.1 Å². The zero-order chi connectivity index (χ0) is 9.19. The van der Waals surface area contributed by atoms with Gasteiger partial charge in [-0.25, -0.2) is 0 Å². The van der Waals surface area contributed by atoms with Crippen molar-refractivity contribution in [2.45, 2.75) is 25.4 Å². The summed E-state index contributed by atoms with van der Waals surface area (Å²) in [4.78, 5) is 10.5. The van der Waals surface area contributed by atoms with Crippen molar-refractivity contribution in [3.8, 4) is 0 Å². The van der Waals surface area contributed by atoms with Crippen LogP contribution in [0, 0.1) is 11.3 Å². The molecule has 0 atom stereocenters. The van der Waals surface area contributed by atoms with Gasteiger partial charge in [0, 0.05) is 0 Å². The van der Waals surface area contributed by atoms with Crippen LogP contribution in [0.5, 0.6) is 0 Å². The van der Waals surface area contributed by atoms with E-state index >= 15 is 0 Å². The molecule has 1 rings (SSSR count). The third-order valence-corrected chi connectivity index (χ3v) is 5.14. The molecule has 12 heavy (non-hydrogen) atoms. The first-order chi connectivity index (χ1) is 5.54. The van der Waals surface area contributed by atoms with Gasteiger partial charge in [-0.2, -0.15) is 0 Å². The number of thioether (sulfide) groups is 2. The van der Waals surface area contributed by atoms with Crippen molar-refractivity contribution < 1.29 is 4.79 Å². The minimum Gasteiger partial charge on any atom is -0.301 e. The zero-order valence-corrected chi connectivity index (χ0v) is 9.50. The molecule has 0 aromatic carbocycles. The molecule has 0 bridgehead atoms. The van der Waals surface area contributed by atoms with Crippen molar-refractivity contribution in [2.75, 3.05) is 11.5 Å². The summed E-state index contributed by atoms with van der Waals surface area (Å²) in [6, 6.07) is 0. The van der Waals surface area contributed by atoms with E-state index in [1.165, 1.54) is 0 Å². The summed E-state index contributed by atoms with van der Waals surface area (Å²) in [6.07, 6.45) is 1.06. The number of aldehydes is 1. The molecule has 0 aliphatic carbocycles. The largest absolute Gasteiger partial charge is 0.301 e. The Morgan fingerprint density at radius 2 is 1.75 bits per heavy atom. The highest BCUT2D eigenvalue weighted by Gasteiger charge is 2.30. The Kier molecular flexibility index (Phi) is 3.53. The number of rotatable bonds is 1. The van der Waals surface area contributed by atoms with Crippen LogP contribution < -0.4 is 0 Å². The van der Waals surface area contributed by atoms with Gasteiger partial charge in [-0.05, 0) is 22.8 Å². The maximum atomic E-state index is 10.5. The number of carbonyl (C=O) groups excluding carboxylic acids is 1. The molecule has 0 aromatic heterocycles. The van der Waals surface area contributed by atoms with Crippen LogP contribution in [-0.2, 0) is 4.79 Å². The molecule has 1 aliphatic heterocycles. The lowest BCUT2D eigenvalue weighted by atomic mass is 9.83. The van der Waals surface area contributed by atoms with E-state index in [-0.39, 0.29) is 4.58 Å². The van der Waals surface area contributed by atoms with Gasteiger partial charge in [0.15, 0.2) is 0 Å². The first-order valence-corrected chi connectivity index (χ1v) is 6.32. The summed E-state index contributed by atoms with van der Waals surface area (Å²) in [6.45, 7) is 6.83. The smallest absolute Gasteiger partial charge is 0.142 e. The van der Waals surface area contributed by atoms with E-state index < -0.39 is 0 Å². The van der Waals surface area contributed by atoms with E-state index in [0.29, 0.717) is 5.41 Å². The highest BCUT2D eigenvalue weighted by Crippen LogP contribution is 2.40. The highest BCUT2D eigenvalue weighted by atomic mass is 32.2. The number of carbonyl (C=O) groups is 1. The van der Waals surface area contributed by atoms with Crippen LogP contribution in [-0.4, -0.2) is 22.4 Å². The summed E-state index contributed by atoms with van der Waals surface area (Å²) in [5, 5.41) is 0. The second kappa shape index (κ2) is 4.05. The van der Waals surface area contributed by atoms with Crippen molar-refractivity contribution in [3.63, 3.8) is 0 Å². The first-order valence-electron chi connectivity index (χ1n) is 4.22. The van der Waals surface area contributed by atoms with Gasteiger partial charge >= 0.3 is 0 Å². The molecule has 0 amide bonds. The standard InChI is InChI=1S/C9H16OS2/c1-9(2,3)7-5-11-8(4-10)12-6-7/h4,7-8H,5-6H2,1-3H3. The summed E-state index contributed by atoms with van der Waals surface area (Å²) in [5.74, 6) is 3.03. The van der Waals surface area contributed by atoms with Crippen LogP contribution in [0.3, 0.4) is 0 Å². The summed E-state index contributed by atoms with van der Waals surface area (Å²) in [7, 11) is 0. The molecule has 1 heterocycles. The normalized spacial score (nSPS) is 31.6. The minimum absolute atomic E-state index is 0.198. The lowest BCUT2D eigenvalue weighted by molar-refractivity contribution is -0.106. The van der Waals surface area contributed by atoms with E-state index in [2.05, 4.69) is 20.8 Å². The van der Waals surface area contributed by atoms with Gasteiger partial charge in [-0.15, -0.1) is 23.5 Å². The fourth-order valence-corrected chi connectivity index (χ4v) is 4.34. The van der Waals surface area contributed by atoms with Crippen LogP contribution in [0.1, 0.15) is 20.8 Å². The molecule has 1 aliphatic rings. The molecule has 1 saturated heterocycles. The fraction of sp³-hybridized carbons (Fsp3) is 0.889. The third-order valence-electron chi connectivity index (χ3n) is 2.26. The Balaban J connectivity index is 2.41. The van der Waals surface area contributed by atoms with E-state index in [1.54, 1.807) is 23.5 Å². The molecule has 1 nitrogen and oxygen atoms in total. The van der Waals surface area contributed by atoms with Crippen LogP contribution in [0.2, 0.25) is 0 Å². The molecule has 0 unspecified atom stereocenters. The Morgan fingerprint density at radius 3 is 2.08 bits per heavy atom. The molecule has 0 N–H and O–H groups in total. The molecule has 0 radical (unpaired) electrons. The van der Waals surface area contributed by atoms with Crippen molar-refractivity contribution in [1.29, 1.82) is 0 Å². The van der Waals surface area contributed by atoms with E-state index in [4.69, 9.17) is 0 Å². The maximum Gasteiger partial charge on any atom is 0.142 e. The lowest BCUT2D eigenvalue weighted by Crippen LogP contribution is -2.29. The highest BCUT2D eigenvalue weighted by molar-refractivity contribution is 8.18. The van der Waals surface area contributed by atoms with Crippen molar-refractivity contribution in [2.24, 2.45) is 11.3 Å². The maximum absolute atomic E-state index is 10.5. The molecule has 70 valence electrons. The van der Waals surface area contributed by atoms with Gasteiger partial charge < -0.3 is 4.79 Å². The first kappa shape index (κ1) is 10.5. The minimum atomic E-state index is 0.198. The predicted octanol–water partition coefficient (Wildman–Crippen LogP) is 2.65. The zero-order valence-electron chi connectivity index (χ0n) is 7.87. The monoisotopic (exact) mass is 204 g/mol. The van der Waals surface area contributed by atoms with Gasteiger partial charge in [0.1, 0.15) is 10.9 Å². The molecular weight excluding hydrogens is 188 g/mol. The third kappa shape index (κ3) is 2.70. The number of hydrogen-bond donors (Lipinski definition) is 0. The number of hydrogen-bond acceptors (Lipinski definition) is 3. The van der Waals surface area contributed by atoms with Crippen LogP contribution in [0.4, 0.5) is 0 Å². The molecule has 0 spiro atoms. The Morgan fingerprint density at radius 1 is 1.25 bits per heavy atom. The van der Waals surface area contributed by atoms with Gasteiger partial charge in [-0.3, -0.25) is 0 Å². The van der Waals surface area contributed by atoms with Crippen LogP contribution >= 0.6 is 23.5 Å². The second-order valence-corrected chi connectivity index (χ2v) is 6.88. The fourth-order valence-electron chi connectivity index (χ4n) is 1.10. The molecule has 1 fully saturated rings. The predicted molar refractivity (Wildman–Crippen MR) is 57.7 cm³/mol. The Labute approximate surface area is 83.1 Å².